The van der Waals surface area contributed by atoms with E-state index in [2.05, 4.69) is 51.9 Å². The molecule has 2 nitrogen and oxygen atoms in total. The number of nitrogens with one attached hydrogen (secondary N) is 1. The van der Waals surface area contributed by atoms with Crippen molar-refractivity contribution >= 4 is 0 Å². The molecule has 0 amide bonds. The Morgan fingerprint density at radius 3 is 2.00 bits per heavy atom. The Bertz CT molecular complexity index is 153. The van der Waals surface area contributed by atoms with Gasteiger partial charge in [0.05, 0.1) is 0 Å². The lowest BCUT2D eigenvalue weighted by molar-refractivity contribution is 0.126. The van der Waals surface area contributed by atoms with E-state index in [1.807, 2.05) is 0 Å². The fourth-order valence-corrected chi connectivity index (χ4v) is 2.41. The van der Waals surface area contributed by atoms with Crippen LogP contribution in [0.4, 0.5) is 0 Å². The highest BCUT2D eigenvalue weighted by Gasteiger charge is 2.22. The maximum Gasteiger partial charge on any atom is 0.0243 e. The van der Waals surface area contributed by atoms with Gasteiger partial charge in [0.25, 0.3) is 0 Å². The van der Waals surface area contributed by atoms with E-state index < -0.39 is 0 Å². The van der Waals surface area contributed by atoms with E-state index in [-0.39, 0.29) is 0 Å². The molecule has 0 rings (SSSR count). The van der Waals surface area contributed by atoms with Crippen molar-refractivity contribution in [1.29, 1.82) is 0 Å². The number of rotatable bonds is 9. The van der Waals surface area contributed by atoms with Gasteiger partial charge in [-0.15, -0.1) is 0 Å². The molecule has 0 radical (unpaired) electrons. The van der Waals surface area contributed by atoms with Crippen molar-refractivity contribution in [2.45, 2.75) is 66.0 Å². The minimum atomic E-state index is 0.663. The first kappa shape index (κ1) is 15.9. The number of nitrogens with zero attached hydrogens (tertiary/aromatic N) is 1. The van der Waals surface area contributed by atoms with Crippen LogP contribution in [0.2, 0.25) is 0 Å². The number of hydrogen-bond donors (Lipinski definition) is 1. The SMILES string of the molecule is CCCNCC(C(C)C)N(C)C(CC)CC. The second-order valence-electron chi connectivity index (χ2n) is 5.15. The predicted molar refractivity (Wildman–Crippen MR) is 73.9 cm³/mol. The third-order valence-corrected chi connectivity index (χ3v) is 3.59. The molecule has 0 aliphatic carbocycles. The summed E-state index contributed by atoms with van der Waals surface area (Å²) in [6.07, 6.45) is 3.73. The normalized spacial score (nSPS) is 14.1. The summed E-state index contributed by atoms with van der Waals surface area (Å²) in [7, 11) is 2.29. The molecule has 98 valence electrons. The van der Waals surface area contributed by atoms with Crippen molar-refractivity contribution in [2.75, 3.05) is 20.1 Å². The van der Waals surface area contributed by atoms with Crippen LogP contribution in [0.1, 0.15) is 53.9 Å². The Hall–Kier alpha value is -0.0800. The molecule has 0 spiro atoms. The van der Waals surface area contributed by atoms with Gasteiger partial charge in [0, 0.05) is 18.6 Å². The van der Waals surface area contributed by atoms with Gasteiger partial charge in [-0.2, -0.15) is 0 Å². The summed E-state index contributed by atoms with van der Waals surface area (Å²) in [5.74, 6) is 0.718. The molecule has 1 unspecified atom stereocenters. The summed E-state index contributed by atoms with van der Waals surface area (Å²) in [4.78, 5) is 2.58. The molecule has 0 bridgehead atoms. The Morgan fingerprint density at radius 2 is 1.62 bits per heavy atom. The summed E-state index contributed by atoms with van der Waals surface area (Å²) >= 11 is 0. The van der Waals surface area contributed by atoms with E-state index in [4.69, 9.17) is 0 Å². The van der Waals surface area contributed by atoms with E-state index in [0.29, 0.717) is 6.04 Å². The molecule has 1 atom stereocenters. The maximum absolute atomic E-state index is 3.56. The van der Waals surface area contributed by atoms with Crippen LogP contribution in [0.15, 0.2) is 0 Å². The lowest BCUT2D eigenvalue weighted by Gasteiger charge is -2.37. The molecular formula is C14H32N2. The maximum atomic E-state index is 3.56. The van der Waals surface area contributed by atoms with Crippen LogP contribution in [-0.4, -0.2) is 37.1 Å². The third kappa shape index (κ3) is 5.31. The van der Waals surface area contributed by atoms with Gasteiger partial charge in [-0.3, -0.25) is 4.90 Å². The second kappa shape index (κ2) is 9.00. The van der Waals surface area contributed by atoms with Gasteiger partial charge < -0.3 is 5.32 Å². The van der Waals surface area contributed by atoms with Crippen LogP contribution in [0.25, 0.3) is 0 Å². The minimum Gasteiger partial charge on any atom is -0.315 e. The molecule has 0 aromatic carbocycles. The molecule has 0 aliphatic heterocycles. The average Bonchev–Trinajstić information content (AvgIpc) is 2.25. The molecule has 0 aromatic heterocycles. The summed E-state index contributed by atoms with van der Waals surface area (Å²) in [6, 6.07) is 1.40. The molecule has 16 heavy (non-hydrogen) atoms. The van der Waals surface area contributed by atoms with Crippen molar-refractivity contribution < 1.29 is 0 Å². The lowest BCUT2D eigenvalue weighted by Crippen LogP contribution is -2.48. The fourth-order valence-electron chi connectivity index (χ4n) is 2.41. The van der Waals surface area contributed by atoms with Crippen LogP contribution < -0.4 is 5.32 Å². The highest BCUT2D eigenvalue weighted by molar-refractivity contribution is 4.79. The van der Waals surface area contributed by atoms with Crippen LogP contribution in [0.3, 0.4) is 0 Å². The van der Waals surface area contributed by atoms with Crippen molar-refractivity contribution in [3.63, 3.8) is 0 Å². The van der Waals surface area contributed by atoms with Gasteiger partial charge in [-0.1, -0.05) is 34.6 Å². The zero-order valence-electron chi connectivity index (χ0n) is 12.2. The zero-order chi connectivity index (χ0) is 12.6. The van der Waals surface area contributed by atoms with Crippen LogP contribution >= 0.6 is 0 Å². The molecule has 1 N–H and O–H groups in total. The van der Waals surface area contributed by atoms with Crippen molar-refractivity contribution in [1.82, 2.24) is 10.2 Å². The summed E-state index contributed by atoms with van der Waals surface area (Å²) in [6.45, 7) is 13.7. The fraction of sp³-hybridized carbons (Fsp3) is 1.00. The third-order valence-electron chi connectivity index (χ3n) is 3.59. The van der Waals surface area contributed by atoms with Gasteiger partial charge in [0.1, 0.15) is 0 Å². The zero-order valence-corrected chi connectivity index (χ0v) is 12.2. The highest BCUT2D eigenvalue weighted by atomic mass is 15.2. The Labute approximate surface area is 103 Å². The van der Waals surface area contributed by atoms with E-state index in [0.717, 1.165) is 25.0 Å². The van der Waals surface area contributed by atoms with Gasteiger partial charge in [-0.05, 0) is 38.8 Å². The first-order chi connectivity index (χ1) is 7.58. The smallest absolute Gasteiger partial charge is 0.0243 e. The number of hydrogen-bond acceptors (Lipinski definition) is 2. The molecule has 0 fully saturated rings. The van der Waals surface area contributed by atoms with Crippen molar-refractivity contribution in [3.8, 4) is 0 Å². The second-order valence-corrected chi connectivity index (χ2v) is 5.15. The Balaban J connectivity index is 4.27. The molecular weight excluding hydrogens is 196 g/mol. The summed E-state index contributed by atoms with van der Waals surface area (Å²) in [5.41, 5.74) is 0. The van der Waals surface area contributed by atoms with E-state index in [9.17, 15) is 0 Å². The van der Waals surface area contributed by atoms with E-state index >= 15 is 0 Å². The largest absolute Gasteiger partial charge is 0.315 e. The monoisotopic (exact) mass is 228 g/mol. The molecule has 0 saturated carbocycles. The van der Waals surface area contributed by atoms with Crippen molar-refractivity contribution in [3.05, 3.63) is 0 Å². The molecule has 0 saturated heterocycles. The molecule has 0 heterocycles. The molecule has 0 aromatic rings. The van der Waals surface area contributed by atoms with Crippen LogP contribution in [0.5, 0.6) is 0 Å². The van der Waals surface area contributed by atoms with Gasteiger partial charge in [-0.25, -0.2) is 0 Å². The number of likely N-dealkylation sites (N-methyl/N-ethyl adjacent to an activating group) is 1. The predicted octanol–water partition coefficient (Wildman–Crippen LogP) is 3.13. The summed E-state index contributed by atoms with van der Waals surface area (Å²) in [5, 5.41) is 3.56. The standard InChI is InChI=1S/C14H32N2/c1-7-10-15-11-14(12(4)5)16(6)13(8-2)9-3/h12-15H,7-11H2,1-6H3. The minimum absolute atomic E-state index is 0.663. The van der Waals surface area contributed by atoms with Gasteiger partial charge in [0.15, 0.2) is 0 Å². The van der Waals surface area contributed by atoms with Crippen LogP contribution in [0, 0.1) is 5.92 Å². The highest BCUT2D eigenvalue weighted by Crippen LogP contribution is 2.15. The van der Waals surface area contributed by atoms with Gasteiger partial charge in [0.2, 0.25) is 0 Å². The first-order valence-electron chi connectivity index (χ1n) is 7.00. The van der Waals surface area contributed by atoms with E-state index in [1.54, 1.807) is 0 Å². The van der Waals surface area contributed by atoms with Crippen LogP contribution in [-0.2, 0) is 0 Å². The quantitative estimate of drug-likeness (QED) is 0.610. The topological polar surface area (TPSA) is 15.3 Å². The van der Waals surface area contributed by atoms with Gasteiger partial charge >= 0.3 is 0 Å². The molecule has 2 heteroatoms. The van der Waals surface area contributed by atoms with E-state index in [1.165, 1.54) is 19.3 Å². The molecule has 0 aliphatic rings. The summed E-state index contributed by atoms with van der Waals surface area (Å²) < 4.78 is 0. The lowest BCUT2D eigenvalue weighted by atomic mass is 9.99. The van der Waals surface area contributed by atoms with Crippen molar-refractivity contribution in [2.24, 2.45) is 5.92 Å². The Morgan fingerprint density at radius 1 is 1.06 bits per heavy atom. The Kier molecular flexibility index (Phi) is 8.96. The first-order valence-corrected chi connectivity index (χ1v) is 7.00. The average molecular weight is 228 g/mol.